The highest BCUT2D eigenvalue weighted by Crippen LogP contribution is 2.21. The molecule has 2 heteroatoms. The summed E-state index contributed by atoms with van der Waals surface area (Å²) >= 11 is 0. The van der Waals surface area contributed by atoms with Gasteiger partial charge in [0.1, 0.15) is 5.75 Å². The number of aromatic hydroxyl groups is 1. The molecule has 0 unspecified atom stereocenters. The number of benzene rings is 1. The van der Waals surface area contributed by atoms with Crippen LogP contribution in [0.4, 0.5) is 0 Å². The molecule has 4 N–H and O–H groups in total. The average molecular weight is 167 g/mol. The van der Waals surface area contributed by atoms with E-state index in [1.807, 2.05) is 6.07 Å². The third-order valence-corrected chi connectivity index (χ3v) is 1.98. The SMILES string of the molecule is CCc1cccc(O)c1CC.N. The van der Waals surface area contributed by atoms with Crippen LogP contribution in [0.15, 0.2) is 18.2 Å². The van der Waals surface area contributed by atoms with Gasteiger partial charge in [-0.1, -0.05) is 26.0 Å². The molecule has 68 valence electrons. The Morgan fingerprint density at radius 1 is 1.17 bits per heavy atom. The van der Waals surface area contributed by atoms with Crippen molar-refractivity contribution < 1.29 is 5.11 Å². The van der Waals surface area contributed by atoms with Crippen LogP contribution in [0.25, 0.3) is 0 Å². The summed E-state index contributed by atoms with van der Waals surface area (Å²) < 4.78 is 0. The van der Waals surface area contributed by atoms with Gasteiger partial charge >= 0.3 is 0 Å². The van der Waals surface area contributed by atoms with Gasteiger partial charge in [-0.2, -0.15) is 0 Å². The van der Waals surface area contributed by atoms with Crippen molar-refractivity contribution in [3.8, 4) is 5.75 Å². The Labute approximate surface area is 73.8 Å². The van der Waals surface area contributed by atoms with Crippen molar-refractivity contribution in [2.75, 3.05) is 0 Å². The number of aryl methyl sites for hydroxylation is 1. The van der Waals surface area contributed by atoms with Crippen LogP contribution in [0.5, 0.6) is 5.75 Å². The predicted molar refractivity (Wildman–Crippen MR) is 51.9 cm³/mol. The van der Waals surface area contributed by atoms with E-state index in [4.69, 9.17) is 0 Å². The largest absolute Gasteiger partial charge is 0.508 e. The zero-order chi connectivity index (χ0) is 8.27. The van der Waals surface area contributed by atoms with Gasteiger partial charge in [-0.25, -0.2) is 0 Å². The first kappa shape index (κ1) is 11.0. The van der Waals surface area contributed by atoms with Crippen LogP contribution in [-0.4, -0.2) is 5.11 Å². The third kappa shape index (κ3) is 1.98. The first-order valence-electron chi connectivity index (χ1n) is 4.09. The number of rotatable bonds is 2. The Balaban J connectivity index is 0.00000121. The summed E-state index contributed by atoms with van der Waals surface area (Å²) in [6.07, 6.45) is 1.91. The van der Waals surface area contributed by atoms with E-state index in [-0.39, 0.29) is 6.15 Å². The van der Waals surface area contributed by atoms with Crippen molar-refractivity contribution >= 4 is 0 Å². The maximum absolute atomic E-state index is 9.42. The molecule has 0 heterocycles. The number of hydrogen-bond donors (Lipinski definition) is 2. The van der Waals surface area contributed by atoms with Crippen molar-refractivity contribution in [1.29, 1.82) is 0 Å². The monoisotopic (exact) mass is 167 g/mol. The smallest absolute Gasteiger partial charge is 0.119 e. The highest BCUT2D eigenvalue weighted by molar-refractivity contribution is 5.39. The first-order valence-corrected chi connectivity index (χ1v) is 4.09. The number of phenols is 1. The van der Waals surface area contributed by atoms with Gasteiger partial charge in [0.05, 0.1) is 0 Å². The molecule has 0 spiro atoms. The Morgan fingerprint density at radius 3 is 2.25 bits per heavy atom. The molecule has 12 heavy (non-hydrogen) atoms. The topological polar surface area (TPSA) is 55.2 Å². The van der Waals surface area contributed by atoms with E-state index in [2.05, 4.69) is 19.9 Å². The van der Waals surface area contributed by atoms with Crippen molar-refractivity contribution in [2.24, 2.45) is 0 Å². The molecule has 2 nitrogen and oxygen atoms in total. The van der Waals surface area contributed by atoms with Gasteiger partial charge in [0.15, 0.2) is 0 Å². The van der Waals surface area contributed by atoms with Crippen LogP contribution in [-0.2, 0) is 12.8 Å². The minimum absolute atomic E-state index is 0. The fraction of sp³-hybridized carbons (Fsp3) is 0.400. The van der Waals surface area contributed by atoms with Crippen LogP contribution < -0.4 is 6.15 Å². The summed E-state index contributed by atoms with van der Waals surface area (Å²) in [7, 11) is 0. The normalized spacial score (nSPS) is 9.17. The minimum atomic E-state index is 0. The van der Waals surface area contributed by atoms with E-state index in [9.17, 15) is 5.11 Å². The lowest BCUT2D eigenvalue weighted by Crippen LogP contribution is -1.90. The van der Waals surface area contributed by atoms with E-state index in [0.717, 1.165) is 18.4 Å². The van der Waals surface area contributed by atoms with E-state index in [0.29, 0.717) is 5.75 Å². The maximum Gasteiger partial charge on any atom is 0.119 e. The molecule has 0 fully saturated rings. The van der Waals surface area contributed by atoms with Crippen LogP contribution in [0.1, 0.15) is 25.0 Å². The molecule has 0 atom stereocenters. The molecular weight excluding hydrogens is 150 g/mol. The van der Waals surface area contributed by atoms with Gasteiger partial charge in [-0.3, -0.25) is 0 Å². The van der Waals surface area contributed by atoms with Crippen LogP contribution in [0.3, 0.4) is 0 Å². The summed E-state index contributed by atoms with van der Waals surface area (Å²) in [4.78, 5) is 0. The molecule has 0 saturated carbocycles. The Kier molecular flexibility index (Phi) is 4.37. The van der Waals surface area contributed by atoms with Crippen molar-refractivity contribution in [3.63, 3.8) is 0 Å². The van der Waals surface area contributed by atoms with Crippen LogP contribution in [0.2, 0.25) is 0 Å². The quantitative estimate of drug-likeness (QED) is 0.711. The lowest BCUT2D eigenvalue weighted by molar-refractivity contribution is 0.468. The van der Waals surface area contributed by atoms with Gasteiger partial charge in [0.25, 0.3) is 0 Å². The molecule has 1 aromatic carbocycles. The average Bonchev–Trinajstić information content (AvgIpc) is 2.04. The summed E-state index contributed by atoms with van der Waals surface area (Å²) in [6.45, 7) is 4.17. The van der Waals surface area contributed by atoms with Gasteiger partial charge in [0.2, 0.25) is 0 Å². The standard InChI is InChI=1S/C10H14O.H3N/c1-3-8-6-5-7-10(11)9(8)4-2;/h5-7,11H,3-4H2,1-2H3;1H3. The second-order valence-electron chi connectivity index (χ2n) is 2.62. The summed E-state index contributed by atoms with van der Waals surface area (Å²) in [6, 6.07) is 5.71. The molecule has 1 aromatic rings. The third-order valence-electron chi connectivity index (χ3n) is 1.98. The molecule has 0 aliphatic heterocycles. The number of phenolic OH excluding ortho intramolecular Hbond substituents is 1. The van der Waals surface area contributed by atoms with Gasteiger partial charge in [-0.05, 0) is 30.0 Å². The molecule has 0 bridgehead atoms. The highest BCUT2D eigenvalue weighted by Gasteiger charge is 2.02. The molecule has 1 rings (SSSR count). The van der Waals surface area contributed by atoms with Gasteiger partial charge in [-0.15, -0.1) is 0 Å². The van der Waals surface area contributed by atoms with Crippen LogP contribution in [0, 0.1) is 0 Å². The second kappa shape index (κ2) is 4.78. The fourth-order valence-corrected chi connectivity index (χ4v) is 1.36. The second-order valence-corrected chi connectivity index (χ2v) is 2.62. The molecule has 0 aliphatic rings. The zero-order valence-electron chi connectivity index (χ0n) is 7.80. The predicted octanol–water partition coefficient (Wildman–Crippen LogP) is 2.68. The Bertz CT molecular complexity index is 246. The fourth-order valence-electron chi connectivity index (χ4n) is 1.36. The lowest BCUT2D eigenvalue weighted by Gasteiger charge is -2.06. The van der Waals surface area contributed by atoms with Crippen molar-refractivity contribution in [1.82, 2.24) is 6.15 Å². The van der Waals surface area contributed by atoms with E-state index >= 15 is 0 Å². The Morgan fingerprint density at radius 2 is 1.83 bits per heavy atom. The van der Waals surface area contributed by atoms with Gasteiger partial charge in [0, 0.05) is 0 Å². The number of hydrogen-bond acceptors (Lipinski definition) is 2. The van der Waals surface area contributed by atoms with E-state index in [1.54, 1.807) is 6.07 Å². The van der Waals surface area contributed by atoms with Crippen molar-refractivity contribution in [2.45, 2.75) is 26.7 Å². The molecule has 0 aromatic heterocycles. The molecule has 0 amide bonds. The molecule has 0 radical (unpaired) electrons. The van der Waals surface area contributed by atoms with Crippen LogP contribution >= 0.6 is 0 Å². The van der Waals surface area contributed by atoms with Gasteiger partial charge < -0.3 is 11.3 Å². The first-order chi connectivity index (χ1) is 5.29. The van der Waals surface area contributed by atoms with E-state index in [1.165, 1.54) is 5.56 Å². The molecular formula is C10H17NO. The van der Waals surface area contributed by atoms with E-state index < -0.39 is 0 Å². The molecule has 0 aliphatic carbocycles. The highest BCUT2D eigenvalue weighted by atomic mass is 16.3. The summed E-state index contributed by atoms with van der Waals surface area (Å²) in [5, 5.41) is 9.42. The maximum atomic E-state index is 9.42. The van der Waals surface area contributed by atoms with Crippen molar-refractivity contribution in [3.05, 3.63) is 29.3 Å². The summed E-state index contributed by atoms with van der Waals surface area (Å²) in [5.41, 5.74) is 2.35. The minimum Gasteiger partial charge on any atom is -0.508 e. The lowest BCUT2D eigenvalue weighted by atomic mass is 10.0. The zero-order valence-corrected chi connectivity index (χ0v) is 7.80. The summed E-state index contributed by atoms with van der Waals surface area (Å²) in [5.74, 6) is 0.437. The Hall–Kier alpha value is -1.02. The molecule has 0 saturated heterocycles.